The van der Waals surface area contributed by atoms with Gasteiger partial charge in [0.25, 0.3) is 0 Å². The van der Waals surface area contributed by atoms with E-state index in [0.717, 1.165) is 5.75 Å². The van der Waals surface area contributed by atoms with Gasteiger partial charge in [-0.15, -0.1) is 0 Å². The predicted octanol–water partition coefficient (Wildman–Crippen LogP) is 1.41. The third-order valence-corrected chi connectivity index (χ3v) is 1.83. The van der Waals surface area contributed by atoms with Gasteiger partial charge in [-0.05, 0) is 12.1 Å². The topological polar surface area (TPSA) is 46.5 Å². The van der Waals surface area contributed by atoms with Crippen LogP contribution in [0.5, 0.6) is 5.75 Å². The molecule has 0 aliphatic heterocycles. The minimum Gasteiger partial charge on any atom is -0.493 e. The molecule has 0 radical (unpaired) electrons. The van der Waals surface area contributed by atoms with Crippen LogP contribution in [0.2, 0.25) is 0 Å². The normalized spacial score (nSPS) is 12.1. The van der Waals surface area contributed by atoms with E-state index in [1.807, 2.05) is 30.3 Å². The van der Waals surface area contributed by atoms with Crippen LogP contribution in [0.25, 0.3) is 0 Å². The number of carbonyl (C=O) groups excluding carboxylic acids is 1. The van der Waals surface area contributed by atoms with Gasteiger partial charge >= 0.3 is 0 Å². The minimum atomic E-state index is -0.587. The smallest absolute Gasteiger partial charge is 0.122 e. The van der Waals surface area contributed by atoms with E-state index in [-0.39, 0.29) is 6.42 Å². The number of para-hydroxylation sites is 1. The molecule has 0 saturated carbocycles. The Morgan fingerprint density at radius 3 is 2.71 bits per heavy atom. The Morgan fingerprint density at radius 2 is 2.07 bits per heavy atom. The molecule has 3 nitrogen and oxygen atoms in total. The Morgan fingerprint density at radius 1 is 1.36 bits per heavy atom. The van der Waals surface area contributed by atoms with Gasteiger partial charge in [-0.3, -0.25) is 0 Å². The van der Waals surface area contributed by atoms with Crippen LogP contribution in [0.1, 0.15) is 12.8 Å². The quantitative estimate of drug-likeness (QED) is 0.696. The maximum Gasteiger partial charge on any atom is 0.122 e. The number of aldehydes is 1. The van der Waals surface area contributed by atoms with Gasteiger partial charge in [-0.1, -0.05) is 18.2 Å². The van der Waals surface area contributed by atoms with Crippen molar-refractivity contribution < 1.29 is 14.6 Å². The number of ether oxygens (including phenoxy) is 1. The molecule has 0 bridgehead atoms. The van der Waals surface area contributed by atoms with Gasteiger partial charge in [0.2, 0.25) is 0 Å². The van der Waals surface area contributed by atoms with E-state index in [1.54, 1.807) is 0 Å². The van der Waals surface area contributed by atoms with Crippen LogP contribution in [-0.4, -0.2) is 24.1 Å². The zero-order valence-corrected chi connectivity index (χ0v) is 7.93. The van der Waals surface area contributed by atoms with Crippen molar-refractivity contribution in [2.24, 2.45) is 0 Å². The van der Waals surface area contributed by atoms with Crippen LogP contribution < -0.4 is 4.74 Å². The van der Waals surface area contributed by atoms with E-state index >= 15 is 0 Å². The van der Waals surface area contributed by atoms with Crippen LogP contribution in [0.4, 0.5) is 0 Å². The Kier molecular flexibility index (Phi) is 4.72. The number of hydrogen-bond donors (Lipinski definition) is 1. The highest BCUT2D eigenvalue weighted by Gasteiger charge is 2.02. The van der Waals surface area contributed by atoms with Gasteiger partial charge in [-0.2, -0.15) is 0 Å². The first-order valence-corrected chi connectivity index (χ1v) is 4.62. The number of aliphatic hydroxyl groups is 1. The summed E-state index contributed by atoms with van der Waals surface area (Å²) in [4.78, 5) is 10.0. The largest absolute Gasteiger partial charge is 0.493 e. The lowest BCUT2D eigenvalue weighted by Gasteiger charge is -2.08. The molecule has 0 aliphatic carbocycles. The van der Waals surface area contributed by atoms with Crippen LogP contribution >= 0.6 is 0 Å². The SMILES string of the molecule is O=CC[C@H](O)CCOc1ccccc1. The maximum absolute atomic E-state index is 10.0. The molecule has 0 saturated heterocycles. The first-order valence-electron chi connectivity index (χ1n) is 4.62. The average Bonchev–Trinajstić information content (AvgIpc) is 2.20. The fourth-order valence-electron chi connectivity index (χ4n) is 1.06. The average molecular weight is 194 g/mol. The second kappa shape index (κ2) is 6.16. The molecule has 3 heteroatoms. The summed E-state index contributed by atoms with van der Waals surface area (Å²) in [5, 5.41) is 9.22. The Balaban J connectivity index is 2.18. The van der Waals surface area contributed by atoms with Gasteiger partial charge in [-0.25, -0.2) is 0 Å². The number of rotatable bonds is 6. The van der Waals surface area contributed by atoms with E-state index in [0.29, 0.717) is 19.3 Å². The van der Waals surface area contributed by atoms with Crippen molar-refractivity contribution >= 4 is 6.29 Å². The van der Waals surface area contributed by atoms with Crippen molar-refractivity contribution in [2.45, 2.75) is 18.9 Å². The molecular weight excluding hydrogens is 180 g/mol. The second-order valence-electron chi connectivity index (χ2n) is 3.01. The molecule has 1 N–H and O–H groups in total. The first-order chi connectivity index (χ1) is 6.83. The van der Waals surface area contributed by atoms with Crippen molar-refractivity contribution in [3.8, 4) is 5.75 Å². The molecule has 0 aliphatic rings. The zero-order chi connectivity index (χ0) is 10.2. The lowest BCUT2D eigenvalue weighted by atomic mass is 10.2. The van der Waals surface area contributed by atoms with E-state index < -0.39 is 6.10 Å². The highest BCUT2D eigenvalue weighted by atomic mass is 16.5. The van der Waals surface area contributed by atoms with Crippen LogP contribution in [0.3, 0.4) is 0 Å². The van der Waals surface area contributed by atoms with E-state index in [2.05, 4.69) is 0 Å². The first kappa shape index (κ1) is 10.7. The van der Waals surface area contributed by atoms with Gasteiger partial charge in [0.1, 0.15) is 12.0 Å². The standard InChI is InChI=1S/C11H14O3/c12-8-6-10(13)7-9-14-11-4-2-1-3-5-11/h1-5,8,10,13H,6-7,9H2/t10-/m0/s1. The number of benzene rings is 1. The summed E-state index contributed by atoms with van der Waals surface area (Å²) in [6.07, 6.45) is 0.787. The van der Waals surface area contributed by atoms with Crippen LogP contribution in [-0.2, 0) is 4.79 Å². The Labute approximate surface area is 83.3 Å². The summed E-state index contributed by atoms with van der Waals surface area (Å²) in [6.45, 7) is 0.430. The third kappa shape index (κ3) is 4.05. The lowest BCUT2D eigenvalue weighted by Crippen LogP contribution is -2.12. The molecular formula is C11H14O3. The van der Waals surface area contributed by atoms with Gasteiger partial charge in [0.15, 0.2) is 0 Å². The summed E-state index contributed by atoms with van der Waals surface area (Å²) >= 11 is 0. The highest BCUT2D eigenvalue weighted by Crippen LogP contribution is 2.09. The Bertz CT molecular complexity index is 258. The second-order valence-corrected chi connectivity index (χ2v) is 3.01. The van der Waals surface area contributed by atoms with Crippen LogP contribution in [0.15, 0.2) is 30.3 Å². The van der Waals surface area contributed by atoms with Gasteiger partial charge in [0, 0.05) is 12.8 Å². The molecule has 0 unspecified atom stereocenters. The number of hydrogen-bond acceptors (Lipinski definition) is 3. The number of aliphatic hydroxyl groups excluding tert-OH is 1. The van der Waals surface area contributed by atoms with Crippen LogP contribution in [0, 0.1) is 0 Å². The molecule has 1 atom stereocenters. The molecule has 76 valence electrons. The third-order valence-electron chi connectivity index (χ3n) is 1.83. The van der Waals surface area contributed by atoms with E-state index in [9.17, 15) is 9.90 Å². The molecule has 0 aromatic heterocycles. The molecule has 1 aromatic carbocycles. The molecule has 1 rings (SSSR count). The minimum absolute atomic E-state index is 0.179. The zero-order valence-electron chi connectivity index (χ0n) is 7.93. The molecule has 0 spiro atoms. The monoisotopic (exact) mass is 194 g/mol. The molecule has 0 heterocycles. The fraction of sp³-hybridized carbons (Fsp3) is 0.364. The summed E-state index contributed by atoms with van der Waals surface area (Å²) in [5.74, 6) is 0.783. The highest BCUT2D eigenvalue weighted by molar-refractivity contribution is 5.49. The summed E-state index contributed by atoms with van der Waals surface area (Å²) < 4.78 is 5.35. The Hall–Kier alpha value is -1.35. The van der Waals surface area contributed by atoms with E-state index in [1.165, 1.54) is 0 Å². The summed E-state index contributed by atoms with van der Waals surface area (Å²) in [5.41, 5.74) is 0. The van der Waals surface area contributed by atoms with Gasteiger partial charge in [0.05, 0.1) is 12.7 Å². The van der Waals surface area contributed by atoms with Crippen molar-refractivity contribution in [1.82, 2.24) is 0 Å². The molecule has 1 aromatic rings. The number of carbonyl (C=O) groups is 1. The van der Waals surface area contributed by atoms with Crippen molar-refractivity contribution in [1.29, 1.82) is 0 Å². The molecule has 14 heavy (non-hydrogen) atoms. The predicted molar refractivity (Wildman–Crippen MR) is 53.2 cm³/mol. The fourth-order valence-corrected chi connectivity index (χ4v) is 1.06. The maximum atomic E-state index is 10.0. The summed E-state index contributed by atoms with van der Waals surface area (Å²) in [6, 6.07) is 9.39. The van der Waals surface area contributed by atoms with Crippen molar-refractivity contribution in [2.75, 3.05) is 6.61 Å². The van der Waals surface area contributed by atoms with Crippen molar-refractivity contribution in [3.05, 3.63) is 30.3 Å². The van der Waals surface area contributed by atoms with Gasteiger partial charge < -0.3 is 14.6 Å². The summed E-state index contributed by atoms with van der Waals surface area (Å²) in [7, 11) is 0. The van der Waals surface area contributed by atoms with Crippen molar-refractivity contribution in [3.63, 3.8) is 0 Å². The lowest BCUT2D eigenvalue weighted by molar-refractivity contribution is -0.109. The molecule has 0 fully saturated rings. The van der Waals surface area contributed by atoms with E-state index in [4.69, 9.17) is 4.74 Å². The molecule has 0 amide bonds.